The fourth-order valence-electron chi connectivity index (χ4n) is 3.02. The summed E-state index contributed by atoms with van der Waals surface area (Å²) in [6, 6.07) is 22.2. The van der Waals surface area contributed by atoms with E-state index < -0.39 is 0 Å². The number of benzene rings is 3. The van der Waals surface area contributed by atoms with Crippen molar-refractivity contribution in [2.75, 3.05) is 12.4 Å². The Hall–Kier alpha value is -3.64. The van der Waals surface area contributed by atoms with Gasteiger partial charge in [0.25, 0.3) is 5.91 Å². The van der Waals surface area contributed by atoms with Crippen LogP contribution in [0, 0.1) is 6.92 Å². The van der Waals surface area contributed by atoms with Crippen LogP contribution in [0.3, 0.4) is 0 Å². The molecular weight excluding hydrogens is 400 g/mol. The van der Waals surface area contributed by atoms with E-state index in [0.29, 0.717) is 16.5 Å². The van der Waals surface area contributed by atoms with Crippen molar-refractivity contribution in [1.29, 1.82) is 0 Å². The number of carbonyl (C=O) groups is 1. The molecule has 30 heavy (non-hydrogen) atoms. The number of aryl methyl sites for hydroxylation is 1. The molecule has 0 radical (unpaired) electrons. The summed E-state index contributed by atoms with van der Waals surface area (Å²) in [5, 5.41) is 7.93. The molecule has 0 saturated heterocycles. The Labute approximate surface area is 179 Å². The number of nitrogens with one attached hydrogen (secondary N) is 1. The van der Waals surface area contributed by atoms with E-state index in [1.165, 1.54) is 0 Å². The topological polar surface area (TPSA) is 69.0 Å². The normalized spacial score (nSPS) is 10.6. The van der Waals surface area contributed by atoms with Crippen molar-refractivity contribution in [3.8, 4) is 22.8 Å². The van der Waals surface area contributed by atoms with Gasteiger partial charge in [-0.1, -0.05) is 41.9 Å². The maximum atomic E-state index is 12.9. The molecule has 1 heterocycles. The highest BCUT2D eigenvalue weighted by Gasteiger charge is 2.19. The number of hydrogen-bond donors (Lipinski definition) is 1. The van der Waals surface area contributed by atoms with E-state index in [9.17, 15) is 4.79 Å². The summed E-state index contributed by atoms with van der Waals surface area (Å²) in [6.07, 6.45) is 0. The number of para-hydroxylation sites is 1. The Balaban J connectivity index is 1.77. The molecule has 4 rings (SSSR count). The third-order valence-electron chi connectivity index (χ3n) is 4.60. The van der Waals surface area contributed by atoms with Gasteiger partial charge in [-0.05, 0) is 55.0 Å². The van der Waals surface area contributed by atoms with Gasteiger partial charge >= 0.3 is 0 Å². The SMILES string of the molecule is COc1ccc(-n2nc(C(=O)Nc3ccccc3C)nc2-c2cccc(Cl)c2)cc1. The van der Waals surface area contributed by atoms with Crippen LogP contribution in [-0.4, -0.2) is 27.8 Å². The van der Waals surface area contributed by atoms with Crippen molar-refractivity contribution in [3.05, 3.63) is 89.2 Å². The summed E-state index contributed by atoms with van der Waals surface area (Å²) in [4.78, 5) is 17.4. The summed E-state index contributed by atoms with van der Waals surface area (Å²) in [5.41, 5.74) is 3.16. The molecule has 1 aromatic heterocycles. The second kappa shape index (κ2) is 8.39. The quantitative estimate of drug-likeness (QED) is 0.486. The Kier molecular flexibility index (Phi) is 5.50. The highest BCUT2D eigenvalue weighted by molar-refractivity contribution is 6.30. The Morgan fingerprint density at radius 1 is 1.03 bits per heavy atom. The second-order valence-electron chi connectivity index (χ2n) is 6.65. The van der Waals surface area contributed by atoms with Crippen LogP contribution in [0.15, 0.2) is 72.8 Å². The lowest BCUT2D eigenvalue weighted by Crippen LogP contribution is -2.15. The third kappa shape index (κ3) is 4.04. The van der Waals surface area contributed by atoms with E-state index in [4.69, 9.17) is 16.3 Å². The number of rotatable bonds is 5. The van der Waals surface area contributed by atoms with Gasteiger partial charge in [0, 0.05) is 16.3 Å². The first-order chi connectivity index (χ1) is 14.5. The van der Waals surface area contributed by atoms with Crippen LogP contribution in [0.2, 0.25) is 5.02 Å². The van der Waals surface area contributed by atoms with Gasteiger partial charge in [0.2, 0.25) is 5.82 Å². The molecule has 3 aromatic carbocycles. The van der Waals surface area contributed by atoms with Crippen LogP contribution in [0.4, 0.5) is 5.69 Å². The van der Waals surface area contributed by atoms with Gasteiger partial charge in [0.05, 0.1) is 12.8 Å². The predicted molar refractivity (Wildman–Crippen MR) is 117 cm³/mol. The van der Waals surface area contributed by atoms with Crippen molar-refractivity contribution in [1.82, 2.24) is 14.8 Å². The molecule has 150 valence electrons. The first kappa shape index (κ1) is 19.7. The van der Waals surface area contributed by atoms with Crippen molar-refractivity contribution < 1.29 is 9.53 Å². The molecule has 4 aromatic rings. The van der Waals surface area contributed by atoms with Crippen LogP contribution >= 0.6 is 11.6 Å². The van der Waals surface area contributed by atoms with E-state index in [-0.39, 0.29) is 11.7 Å². The molecule has 6 nitrogen and oxygen atoms in total. The third-order valence-corrected chi connectivity index (χ3v) is 4.84. The number of amides is 1. The summed E-state index contributed by atoms with van der Waals surface area (Å²) < 4.78 is 6.85. The first-order valence-electron chi connectivity index (χ1n) is 9.29. The molecule has 7 heteroatoms. The van der Waals surface area contributed by atoms with Gasteiger partial charge < -0.3 is 10.1 Å². The molecule has 0 bridgehead atoms. The second-order valence-corrected chi connectivity index (χ2v) is 7.08. The monoisotopic (exact) mass is 418 g/mol. The smallest absolute Gasteiger partial charge is 0.295 e. The van der Waals surface area contributed by atoms with Gasteiger partial charge in [0.1, 0.15) is 5.75 Å². The number of methoxy groups -OCH3 is 1. The number of aromatic nitrogens is 3. The molecule has 0 saturated carbocycles. The molecule has 0 aliphatic carbocycles. The van der Waals surface area contributed by atoms with Crippen LogP contribution in [-0.2, 0) is 0 Å². The highest BCUT2D eigenvalue weighted by Crippen LogP contribution is 2.25. The average Bonchev–Trinajstić information content (AvgIpc) is 3.21. The van der Waals surface area contributed by atoms with Crippen molar-refractivity contribution in [3.63, 3.8) is 0 Å². The van der Waals surface area contributed by atoms with Crippen molar-refractivity contribution in [2.24, 2.45) is 0 Å². The largest absolute Gasteiger partial charge is 0.497 e. The minimum absolute atomic E-state index is 0.0593. The van der Waals surface area contributed by atoms with E-state index in [1.807, 2.05) is 67.6 Å². The minimum atomic E-state index is -0.389. The molecule has 0 atom stereocenters. The molecule has 1 N–H and O–H groups in total. The lowest BCUT2D eigenvalue weighted by atomic mass is 10.2. The number of halogens is 1. The minimum Gasteiger partial charge on any atom is -0.497 e. The maximum Gasteiger partial charge on any atom is 0.295 e. The van der Waals surface area contributed by atoms with Crippen molar-refractivity contribution in [2.45, 2.75) is 6.92 Å². The van der Waals surface area contributed by atoms with Crippen LogP contribution in [0.25, 0.3) is 17.1 Å². The summed E-state index contributed by atoms with van der Waals surface area (Å²) in [6.45, 7) is 1.93. The zero-order chi connectivity index (χ0) is 21.1. The first-order valence-corrected chi connectivity index (χ1v) is 9.67. The molecule has 0 unspecified atom stereocenters. The molecule has 0 spiro atoms. The van der Waals surface area contributed by atoms with Gasteiger partial charge in [-0.2, -0.15) is 0 Å². The molecular formula is C23H19ClN4O2. The fourth-order valence-corrected chi connectivity index (χ4v) is 3.21. The Morgan fingerprint density at radius 2 is 1.80 bits per heavy atom. The van der Waals surface area contributed by atoms with Crippen LogP contribution < -0.4 is 10.1 Å². The van der Waals surface area contributed by atoms with Gasteiger partial charge in [0.15, 0.2) is 5.82 Å². The van der Waals surface area contributed by atoms with Crippen LogP contribution in [0.5, 0.6) is 5.75 Å². The lowest BCUT2D eigenvalue weighted by molar-refractivity contribution is 0.101. The highest BCUT2D eigenvalue weighted by atomic mass is 35.5. The van der Waals surface area contributed by atoms with E-state index in [1.54, 1.807) is 23.9 Å². The zero-order valence-corrected chi connectivity index (χ0v) is 17.2. The molecule has 0 fully saturated rings. The Morgan fingerprint density at radius 3 is 2.50 bits per heavy atom. The number of hydrogen-bond acceptors (Lipinski definition) is 4. The van der Waals surface area contributed by atoms with Crippen LogP contribution in [0.1, 0.15) is 16.2 Å². The Bertz CT molecular complexity index is 1200. The predicted octanol–water partition coefficient (Wildman–Crippen LogP) is 5.16. The van der Waals surface area contributed by atoms with Gasteiger partial charge in [-0.3, -0.25) is 4.79 Å². The lowest BCUT2D eigenvalue weighted by Gasteiger charge is -2.07. The number of ether oxygens (including phenoxy) is 1. The summed E-state index contributed by atoms with van der Waals surface area (Å²) in [5.74, 6) is 0.905. The van der Waals surface area contributed by atoms with Gasteiger partial charge in [-0.25, -0.2) is 9.67 Å². The molecule has 1 amide bonds. The van der Waals surface area contributed by atoms with E-state index in [0.717, 1.165) is 22.6 Å². The molecule has 0 aliphatic heterocycles. The fraction of sp³-hybridized carbons (Fsp3) is 0.0870. The summed E-state index contributed by atoms with van der Waals surface area (Å²) in [7, 11) is 1.61. The zero-order valence-electron chi connectivity index (χ0n) is 16.5. The average molecular weight is 419 g/mol. The summed E-state index contributed by atoms with van der Waals surface area (Å²) >= 11 is 6.17. The van der Waals surface area contributed by atoms with Crippen molar-refractivity contribution >= 4 is 23.2 Å². The number of carbonyl (C=O) groups excluding carboxylic acids is 1. The number of nitrogens with zero attached hydrogens (tertiary/aromatic N) is 3. The number of anilines is 1. The van der Waals surface area contributed by atoms with E-state index >= 15 is 0 Å². The standard InChI is InChI=1S/C23H19ClN4O2/c1-15-6-3-4-9-20(15)25-23(29)21-26-22(16-7-5-8-17(24)14-16)28(27-21)18-10-12-19(30-2)13-11-18/h3-14H,1-2H3,(H,25,29). The van der Waals surface area contributed by atoms with Gasteiger partial charge in [-0.15, -0.1) is 5.10 Å². The maximum absolute atomic E-state index is 12.9. The van der Waals surface area contributed by atoms with E-state index in [2.05, 4.69) is 15.4 Å². The molecule has 0 aliphatic rings.